The molecule has 4 nitrogen and oxygen atoms in total. The van der Waals surface area contributed by atoms with Crippen molar-refractivity contribution in [3.63, 3.8) is 0 Å². The third-order valence-corrected chi connectivity index (χ3v) is 7.00. The molecule has 146 valence electrons. The van der Waals surface area contributed by atoms with E-state index in [1.807, 2.05) is 6.07 Å². The Morgan fingerprint density at radius 3 is 2.44 bits per heavy atom. The Hall–Kier alpha value is -1.55. The Bertz CT molecular complexity index is 710. The van der Waals surface area contributed by atoms with Crippen LogP contribution in [-0.4, -0.2) is 17.7 Å². The number of ether oxygens (including phenoxy) is 1. The van der Waals surface area contributed by atoms with Gasteiger partial charge in [-0.2, -0.15) is 5.10 Å². The van der Waals surface area contributed by atoms with Crippen molar-refractivity contribution in [3.8, 4) is 5.75 Å². The minimum absolute atomic E-state index is 0.217. The average molecular weight is 389 g/mol. The highest BCUT2D eigenvalue weighted by atomic mass is 35.5. The van der Waals surface area contributed by atoms with Gasteiger partial charge in [-0.05, 0) is 87.8 Å². The van der Waals surface area contributed by atoms with Crippen LogP contribution < -0.4 is 10.2 Å². The van der Waals surface area contributed by atoms with Crippen LogP contribution in [0.1, 0.15) is 58.8 Å². The van der Waals surface area contributed by atoms with Gasteiger partial charge < -0.3 is 4.74 Å². The standard InChI is InChI=1S/C22H29ClN2O2/c1-3-20(22-11-15-7-16(12-22)9-17(8-15)13-22)24-25-21(26)14(2)27-19-6-4-5-18(23)10-19/h4-6,10,14-17H,3,7-9,11-13H2,1-2H3,(H,25,26)/b24-20-/t14-,15?,16?,17?,22?/m1/s1. The number of hydrazone groups is 1. The Morgan fingerprint density at radius 1 is 1.26 bits per heavy atom. The molecule has 1 N–H and O–H groups in total. The lowest BCUT2D eigenvalue weighted by molar-refractivity contribution is -0.127. The lowest BCUT2D eigenvalue weighted by Crippen LogP contribution is -2.50. The Morgan fingerprint density at radius 2 is 1.89 bits per heavy atom. The summed E-state index contributed by atoms with van der Waals surface area (Å²) in [5, 5.41) is 5.21. The maximum absolute atomic E-state index is 12.5. The Labute approximate surface area is 166 Å². The summed E-state index contributed by atoms with van der Waals surface area (Å²) >= 11 is 5.98. The molecular weight excluding hydrogens is 360 g/mol. The van der Waals surface area contributed by atoms with E-state index in [1.54, 1.807) is 25.1 Å². The van der Waals surface area contributed by atoms with Crippen LogP contribution in [-0.2, 0) is 4.79 Å². The van der Waals surface area contributed by atoms with E-state index in [2.05, 4.69) is 17.5 Å². The van der Waals surface area contributed by atoms with E-state index in [-0.39, 0.29) is 11.3 Å². The number of nitrogens with zero attached hydrogens (tertiary/aromatic N) is 1. The highest BCUT2D eigenvalue weighted by molar-refractivity contribution is 6.30. The summed E-state index contributed by atoms with van der Waals surface area (Å²) < 4.78 is 5.71. The minimum Gasteiger partial charge on any atom is -0.481 e. The highest BCUT2D eigenvalue weighted by Gasteiger charge is 2.52. The summed E-state index contributed by atoms with van der Waals surface area (Å²) in [5.41, 5.74) is 4.20. The lowest BCUT2D eigenvalue weighted by Gasteiger charge is -2.57. The summed E-state index contributed by atoms with van der Waals surface area (Å²) in [6.07, 6.45) is 8.28. The quantitative estimate of drug-likeness (QED) is 0.537. The molecule has 27 heavy (non-hydrogen) atoms. The first-order valence-electron chi connectivity index (χ1n) is 10.3. The maximum atomic E-state index is 12.5. The van der Waals surface area contributed by atoms with Crippen molar-refractivity contribution in [2.24, 2.45) is 28.3 Å². The molecule has 5 heteroatoms. The number of hydrogen-bond donors (Lipinski definition) is 1. The third-order valence-electron chi connectivity index (χ3n) is 6.76. The largest absolute Gasteiger partial charge is 0.481 e. The van der Waals surface area contributed by atoms with Gasteiger partial charge in [-0.25, -0.2) is 5.43 Å². The number of amides is 1. The summed E-state index contributed by atoms with van der Waals surface area (Å²) in [7, 11) is 0. The van der Waals surface area contributed by atoms with E-state index in [1.165, 1.54) is 44.2 Å². The van der Waals surface area contributed by atoms with Crippen LogP contribution in [0.2, 0.25) is 5.02 Å². The van der Waals surface area contributed by atoms with Gasteiger partial charge in [-0.1, -0.05) is 24.6 Å². The van der Waals surface area contributed by atoms with Gasteiger partial charge in [0.2, 0.25) is 0 Å². The van der Waals surface area contributed by atoms with E-state index in [4.69, 9.17) is 16.3 Å². The molecule has 0 aromatic heterocycles. The number of rotatable bonds is 6. The molecule has 4 fully saturated rings. The van der Waals surface area contributed by atoms with Crippen molar-refractivity contribution in [2.75, 3.05) is 0 Å². The number of carbonyl (C=O) groups excluding carboxylic acids is 1. The number of nitrogens with one attached hydrogen (secondary N) is 1. The second kappa shape index (κ2) is 7.46. The molecule has 0 heterocycles. The first kappa shape index (κ1) is 18.8. The average Bonchev–Trinajstić information content (AvgIpc) is 2.60. The molecule has 0 unspecified atom stereocenters. The fraction of sp³-hybridized carbons (Fsp3) is 0.636. The zero-order chi connectivity index (χ0) is 19.0. The molecule has 1 amide bonds. The molecular formula is C22H29ClN2O2. The van der Waals surface area contributed by atoms with Gasteiger partial charge in [0, 0.05) is 16.1 Å². The Balaban J connectivity index is 1.42. The van der Waals surface area contributed by atoms with Crippen molar-refractivity contribution in [1.82, 2.24) is 5.43 Å². The van der Waals surface area contributed by atoms with Gasteiger partial charge in [0.25, 0.3) is 5.91 Å². The first-order chi connectivity index (χ1) is 13.0. The minimum atomic E-state index is -0.623. The van der Waals surface area contributed by atoms with E-state index in [9.17, 15) is 4.79 Å². The van der Waals surface area contributed by atoms with Crippen LogP contribution >= 0.6 is 11.6 Å². The zero-order valence-electron chi connectivity index (χ0n) is 16.2. The van der Waals surface area contributed by atoms with Gasteiger partial charge >= 0.3 is 0 Å². The molecule has 4 aliphatic carbocycles. The summed E-state index contributed by atoms with van der Waals surface area (Å²) in [4.78, 5) is 12.5. The van der Waals surface area contributed by atoms with Crippen molar-refractivity contribution < 1.29 is 9.53 Å². The van der Waals surface area contributed by atoms with Crippen LogP contribution in [0, 0.1) is 23.2 Å². The lowest BCUT2D eigenvalue weighted by atomic mass is 9.48. The van der Waals surface area contributed by atoms with Gasteiger partial charge in [0.05, 0.1) is 0 Å². The van der Waals surface area contributed by atoms with Crippen LogP contribution in [0.15, 0.2) is 29.4 Å². The fourth-order valence-corrected chi connectivity index (χ4v) is 6.23. The van der Waals surface area contributed by atoms with E-state index >= 15 is 0 Å². The normalized spacial score (nSPS) is 33.0. The maximum Gasteiger partial charge on any atom is 0.280 e. The predicted molar refractivity (Wildman–Crippen MR) is 108 cm³/mol. The molecule has 1 aromatic rings. The third kappa shape index (κ3) is 3.87. The topological polar surface area (TPSA) is 50.7 Å². The van der Waals surface area contributed by atoms with Crippen LogP contribution in [0.5, 0.6) is 5.75 Å². The molecule has 1 aromatic carbocycles. The number of carbonyl (C=O) groups is 1. The monoisotopic (exact) mass is 388 g/mol. The van der Waals surface area contributed by atoms with Gasteiger partial charge in [0.1, 0.15) is 5.75 Å². The fourth-order valence-electron chi connectivity index (χ4n) is 6.05. The van der Waals surface area contributed by atoms with Crippen molar-refractivity contribution >= 4 is 23.2 Å². The molecule has 0 spiro atoms. The molecule has 5 rings (SSSR count). The summed E-state index contributed by atoms with van der Waals surface area (Å²) in [6.45, 7) is 3.90. The Kier molecular flexibility index (Phi) is 5.19. The van der Waals surface area contributed by atoms with Crippen LogP contribution in [0.3, 0.4) is 0 Å². The van der Waals surface area contributed by atoms with Crippen molar-refractivity contribution in [2.45, 2.75) is 64.9 Å². The molecule has 0 aliphatic heterocycles. The van der Waals surface area contributed by atoms with E-state index in [0.717, 1.165) is 24.2 Å². The molecule has 4 aliphatic rings. The van der Waals surface area contributed by atoms with Gasteiger partial charge in [-0.3, -0.25) is 4.79 Å². The van der Waals surface area contributed by atoms with Crippen LogP contribution in [0.25, 0.3) is 0 Å². The second-order valence-electron chi connectivity index (χ2n) is 8.80. The van der Waals surface area contributed by atoms with Crippen molar-refractivity contribution in [3.05, 3.63) is 29.3 Å². The highest BCUT2D eigenvalue weighted by Crippen LogP contribution is 2.60. The van der Waals surface area contributed by atoms with E-state index < -0.39 is 6.10 Å². The predicted octanol–water partition coefficient (Wildman–Crippen LogP) is 5.21. The number of hydrogen-bond acceptors (Lipinski definition) is 3. The van der Waals surface area contributed by atoms with Crippen molar-refractivity contribution in [1.29, 1.82) is 0 Å². The molecule has 1 atom stereocenters. The van der Waals surface area contributed by atoms with Crippen LogP contribution in [0.4, 0.5) is 0 Å². The summed E-state index contributed by atoms with van der Waals surface area (Å²) in [6, 6.07) is 7.10. The summed E-state index contributed by atoms with van der Waals surface area (Å²) in [5.74, 6) is 2.98. The zero-order valence-corrected chi connectivity index (χ0v) is 17.0. The van der Waals surface area contributed by atoms with Gasteiger partial charge in [-0.15, -0.1) is 0 Å². The smallest absolute Gasteiger partial charge is 0.280 e. The number of halogens is 1. The van der Waals surface area contributed by atoms with E-state index in [0.29, 0.717) is 10.8 Å². The molecule has 0 radical (unpaired) electrons. The van der Waals surface area contributed by atoms with Gasteiger partial charge in [0.15, 0.2) is 6.10 Å². The number of benzene rings is 1. The second-order valence-corrected chi connectivity index (χ2v) is 9.24. The SMILES string of the molecule is CC/C(=N/NC(=O)[C@@H](C)Oc1cccc(Cl)c1)C12CC3CC(CC(C3)C1)C2. The first-order valence-corrected chi connectivity index (χ1v) is 10.6. The molecule has 4 saturated carbocycles. The molecule has 4 bridgehead atoms. The molecule has 0 saturated heterocycles.